The van der Waals surface area contributed by atoms with E-state index in [1.165, 1.54) is 0 Å². The maximum atomic E-state index is 13.2. The number of pyridine rings is 1. The molecule has 2 N–H and O–H groups in total. The van der Waals surface area contributed by atoms with Gasteiger partial charge in [0.25, 0.3) is 5.91 Å². The van der Waals surface area contributed by atoms with Crippen LogP contribution in [-0.2, 0) is 16.1 Å². The summed E-state index contributed by atoms with van der Waals surface area (Å²) in [6.07, 6.45) is 2.48. The molecule has 190 valence electrons. The maximum Gasteiger partial charge on any atom is 0.255 e. The summed E-state index contributed by atoms with van der Waals surface area (Å²) < 4.78 is 13.6. The second-order valence-electron chi connectivity index (χ2n) is 9.46. The number of benzene rings is 2. The molecule has 1 saturated heterocycles. The van der Waals surface area contributed by atoms with Gasteiger partial charge in [0.15, 0.2) is 11.5 Å². The Balaban J connectivity index is 1.27. The Labute approximate surface area is 217 Å². The van der Waals surface area contributed by atoms with E-state index < -0.39 is 11.9 Å². The first-order valence-corrected chi connectivity index (χ1v) is 12.5. The predicted octanol–water partition coefficient (Wildman–Crippen LogP) is 3.28. The number of imide groups is 1. The first-order chi connectivity index (χ1) is 18.6. The second-order valence-corrected chi connectivity index (χ2v) is 9.46. The zero-order valence-corrected chi connectivity index (χ0v) is 20.3. The number of piperidine rings is 1. The molecule has 4 aromatic rings. The number of imidazole rings is 1. The lowest BCUT2D eigenvalue weighted by Crippen LogP contribution is -2.52. The van der Waals surface area contributed by atoms with Gasteiger partial charge < -0.3 is 19.7 Å². The molecule has 0 spiro atoms. The van der Waals surface area contributed by atoms with Gasteiger partial charge in [-0.15, -0.1) is 0 Å². The number of carbonyl (C=O) groups excluding carboxylic acids is 3. The minimum atomic E-state index is -0.657. The molecule has 5 heterocycles. The molecule has 10 nitrogen and oxygen atoms in total. The van der Waals surface area contributed by atoms with Crippen LogP contribution in [0.15, 0.2) is 60.8 Å². The molecule has 0 saturated carbocycles. The van der Waals surface area contributed by atoms with Crippen LogP contribution in [0.2, 0.25) is 0 Å². The van der Waals surface area contributed by atoms with E-state index in [0.29, 0.717) is 48.9 Å². The molecule has 3 amide bonds. The second kappa shape index (κ2) is 8.62. The van der Waals surface area contributed by atoms with Crippen LogP contribution in [0.1, 0.15) is 28.8 Å². The number of ether oxygens (including phenoxy) is 2. The zero-order chi connectivity index (χ0) is 25.8. The number of hydrogen-bond donors (Lipinski definition) is 2. The van der Waals surface area contributed by atoms with Crippen LogP contribution in [0.4, 0.5) is 11.5 Å². The lowest BCUT2D eigenvalue weighted by atomic mass is 10.0. The summed E-state index contributed by atoms with van der Waals surface area (Å²) in [5.41, 5.74) is 4.42. The molecule has 38 heavy (non-hydrogen) atoms. The fourth-order valence-electron chi connectivity index (χ4n) is 5.34. The van der Waals surface area contributed by atoms with E-state index in [-0.39, 0.29) is 18.2 Å². The molecule has 0 radical (unpaired) electrons. The monoisotopic (exact) mass is 509 g/mol. The van der Waals surface area contributed by atoms with E-state index in [9.17, 15) is 14.4 Å². The molecule has 1 atom stereocenters. The first-order valence-electron chi connectivity index (χ1n) is 12.5. The molecule has 3 aliphatic heterocycles. The van der Waals surface area contributed by atoms with E-state index in [0.717, 1.165) is 28.3 Å². The van der Waals surface area contributed by atoms with Crippen LogP contribution in [0.25, 0.3) is 16.9 Å². The van der Waals surface area contributed by atoms with Crippen molar-refractivity contribution in [1.82, 2.24) is 19.6 Å². The van der Waals surface area contributed by atoms with Crippen LogP contribution < -0.4 is 20.1 Å². The maximum absolute atomic E-state index is 13.2. The molecule has 10 heteroatoms. The Morgan fingerprint density at radius 3 is 2.79 bits per heavy atom. The van der Waals surface area contributed by atoms with Crippen LogP contribution in [0.3, 0.4) is 0 Å². The highest BCUT2D eigenvalue weighted by atomic mass is 16.6. The van der Waals surface area contributed by atoms with Crippen LogP contribution in [-0.4, -0.2) is 51.3 Å². The quantitative estimate of drug-likeness (QED) is 0.406. The third-order valence-corrected chi connectivity index (χ3v) is 7.15. The third kappa shape index (κ3) is 3.56. The summed E-state index contributed by atoms with van der Waals surface area (Å²) in [6, 6.07) is 16.5. The molecular weight excluding hydrogens is 486 g/mol. The number of anilines is 2. The standard InChI is InChI=1S/C28H23N5O5/c34-23-10-9-20(27(35)31-23)33-15-17-14-16(7-8-18(17)28(33)36)24-26(32-11-2-1-6-22(32)30-24)29-19-4-3-5-21-25(19)38-13-12-37-21/h1-8,11,14,20,29H,9-10,12-13,15H2,(H,31,34,35). The Kier molecular flexibility index (Phi) is 5.07. The van der Waals surface area contributed by atoms with Gasteiger partial charge in [-0.25, -0.2) is 4.98 Å². The molecule has 7 rings (SSSR count). The zero-order valence-electron chi connectivity index (χ0n) is 20.3. The van der Waals surface area contributed by atoms with E-state index in [1.54, 1.807) is 11.0 Å². The van der Waals surface area contributed by atoms with Gasteiger partial charge in [-0.05, 0) is 48.4 Å². The summed E-state index contributed by atoms with van der Waals surface area (Å²) in [4.78, 5) is 43.6. The van der Waals surface area contributed by atoms with Gasteiger partial charge in [0.2, 0.25) is 11.8 Å². The number of amides is 3. The molecule has 0 aliphatic carbocycles. The van der Waals surface area contributed by atoms with Crippen molar-refractivity contribution in [3.8, 4) is 22.8 Å². The van der Waals surface area contributed by atoms with Crippen molar-refractivity contribution >= 4 is 34.9 Å². The van der Waals surface area contributed by atoms with Crippen LogP contribution in [0, 0.1) is 0 Å². The number of rotatable bonds is 4. The van der Waals surface area contributed by atoms with Gasteiger partial charge >= 0.3 is 0 Å². The predicted molar refractivity (Wildman–Crippen MR) is 137 cm³/mol. The summed E-state index contributed by atoms with van der Waals surface area (Å²) in [7, 11) is 0. The fourth-order valence-corrected chi connectivity index (χ4v) is 5.34. The van der Waals surface area contributed by atoms with E-state index in [1.807, 2.05) is 59.1 Å². The highest BCUT2D eigenvalue weighted by Gasteiger charge is 2.39. The van der Waals surface area contributed by atoms with Gasteiger partial charge in [0.05, 0.1) is 5.69 Å². The number of nitrogens with one attached hydrogen (secondary N) is 2. The van der Waals surface area contributed by atoms with Gasteiger partial charge in [-0.1, -0.05) is 18.2 Å². The minimum absolute atomic E-state index is 0.206. The Hall–Kier alpha value is -4.86. The Morgan fingerprint density at radius 2 is 1.89 bits per heavy atom. The van der Waals surface area contributed by atoms with Crippen molar-refractivity contribution in [2.45, 2.75) is 25.4 Å². The van der Waals surface area contributed by atoms with Crippen LogP contribution >= 0.6 is 0 Å². The van der Waals surface area contributed by atoms with E-state index >= 15 is 0 Å². The summed E-state index contributed by atoms with van der Waals surface area (Å²) in [5.74, 6) is 1.14. The third-order valence-electron chi connectivity index (χ3n) is 7.15. The van der Waals surface area contributed by atoms with Crippen molar-refractivity contribution in [2.75, 3.05) is 18.5 Å². The van der Waals surface area contributed by atoms with Gasteiger partial charge in [-0.3, -0.25) is 24.1 Å². The van der Waals surface area contributed by atoms with E-state index in [2.05, 4.69) is 10.6 Å². The van der Waals surface area contributed by atoms with Crippen molar-refractivity contribution in [3.63, 3.8) is 0 Å². The molecule has 1 fully saturated rings. The number of aromatic nitrogens is 2. The normalized spacial score (nSPS) is 18.5. The average molecular weight is 510 g/mol. The molecule has 1 unspecified atom stereocenters. The molecule has 0 bridgehead atoms. The first kappa shape index (κ1) is 22.3. The fraction of sp³-hybridized carbons (Fsp3) is 0.214. The Morgan fingerprint density at radius 1 is 1.00 bits per heavy atom. The van der Waals surface area contributed by atoms with Gasteiger partial charge in [0.1, 0.15) is 36.4 Å². The number of para-hydroxylation sites is 1. The smallest absolute Gasteiger partial charge is 0.255 e. The molecule has 3 aliphatic rings. The molecule has 2 aromatic carbocycles. The highest BCUT2D eigenvalue weighted by molar-refractivity contribution is 6.05. The molecular formula is C28H23N5O5. The largest absolute Gasteiger partial charge is 0.486 e. The number of hydrogen-bond acceptors (Lipinski definition) is 7. The number of nitrogens with zero attached hydrogens (tertiary/aromatic N) is 3. The van der Waals surface area contributed by atoms with Crippen LogP contribution in [0.5, 0.6) is 11.5 Å². The average Bonchev–Trinajstić information content (AvgIpc) is 3.46. The van der Waals surface area contributed by atoms with E-state index in [4.69, 9.17) is 14.5 Å². The SMILES string of the molecule is O=C1CCC(N2Cc3cc(-c4nc5ccccn5c4Nc4cccc5c4OCCO5)ccc3C2=O)C(=O)N1. The topological polar surface area (TPSA) is 114 Å². The van der Waals surface area contributed by atoms with Gasteiger partial charge in [0, 0.05) is 30.3 Å². The summed E-state index contributed by atoms with van der Waals surface area (Å²) in [6.45, 7) is 1.26. The highest BCUT2D eigenvalue weighted by Crippen LogP contribution is 2.41. The van der Waals surface area contributed by atoms with Crippen molar-refractivity contribution < 1.29 is 23.9 Å². The van der Waals surface area contributed by atoms with Crippen molar-refractivity contribution in [2.24, 2.45) is 0 Å². The Bertz CT molecular complexity index is 1640. The number of carbonyl (C=O) groups is 3. The van der Waals surface area contributed by atoms with Gasteiger partial charge in [-0.2, -0.15) is 0 Å². The number of fused-ring (bicyclic) bond motifs is 3. The summed E-state index contributed by atoms with van der Waals surface area (Å²) in [5, 5.41) is 5.85. The lowest BCUT2D eigenvalue weighted by molar-refractivity contribution is -0.136. The lowest BCUT2D eigenvalue weighted by Gasteiger charge is -2.29. The molecule has 2 aromatic heterocycles. The summed E-state index contributed by atoms with van der Waals surface area (Å²) >= 11 is 0. The van der Waals surface area contributed by atoms with Crippen molar-refractivity contribution in [1.29, 1.82) is 0 Å². The minimum Gasteiger partial charge on any atom is -0.486 e. The van der Waals surface area contributed by atoms with Crippen molar-refractivity contribution in [3.05, 3.63) is 71.9 Å².